The lowest BCUT2D eigenvalue weighted by Crippen LogP contribution is -2.54. The number of aldehydes is 1. The summed E-state index contributed by atoms with van der Waals surface area (Å²) < 4.78 is 4.89. The smallest absolute Gasteiger partial charge is 0.317 e. The fourth-order valence-electron chi connectivity index (χ4n) is 12.9. The molecule has 0 spiro atoms. The largest absolute Gasteiger partial charge is 0.464 e. The average Bonchev–Trinajstić information content (AvgIpc) is 3.92. The molecule has 0 aliphatic carbocycles. The number of urea groups is 3. The number of benzene rings is 3. The molecular formula is C59H91N9O8. The number of aliphatic hydroxyl groups excluding tert-OH is 2. The van der Waals surface area contributed by atoms with Gasteiger partial charge in [-0.2, -0.15) is 0 Å². The van der Waals surface area contributed by atoms with Crippen LogP contribution in [0, 0.1) is 34.0 Å². The molecule has 0 unspecified atom stereocenters. The number of hydrogen-bond acceptors (Lipinski definition) is 11. The van der Waals surface area contributed by atoms with Crippen LogP contribution in [0.4, 0.5) is 31.4 Å². The second-order valence-corrected chi connectivity index (χ2v) is 23.3. The summed E-state index contributed by atoms with van der Waals surface area (Å²) in [5, 5.41) is 26.3. The van der Waals surface area contributed by atoms with Crippen molar-refractivity contribution >= 4 is 47.4 Å². The van der Waals surface area contributed by atoms with Crippen LogP contribution in [0.25, 0.3) is 0 Å². The summed E-state index contributed by atoms with van der Waals surface area (Å²) in [5.74, 6) is 0.999. The van der Waals surface area contributed by atoms with Crippen molar-refractivity contribution in [3.63, 3.8) is 0 Å². The van der Waals surface area contributed by atoms with Crippen molar-refractivity contribution in [1.82, 2.24) is 30.7 Å². The molecule has 0 saturated carbocycles. The van der Waals surface area contributed by atoms with E-state index in [-0.39, 0.29) is 93.6 Å². The number of para-hydroxylation sites is 2. The summed E-state index contributed by atoms with van der Waals surface area (Å²) >= 11 is 0. The van der Waals surface area contributed by atoms with Crippen molar-refractivity contribution in [3.8, 4) is 0 Å². The van der Waals surface area contributed by atoms with E-state index in [1.807, 2.05) is 51.1 Å². The number of esters is 1. The van der Waals surface area contributed by atoms with E-state index in [0.29, 0.717) is 55.5 Å². The Labute approximate surface area is 453 Å². The van der Waals surface area contributed by atoms with E-state index in [1.165, 1.54) is 18.3 Å². The van der Waals surface area contributed by atoms with Gasteiger partial charge in [-0.15, -0.1) is 0 Å². The van der Waals surface area contributed by atoms with Crippen molar-refractivity contribution in [2.24, 2.45) is 34.0 Å². The molecule has 6 bridgehead atoms. The maximum atomic E-state index is 12.6. The van der Waals surface area contributed by atoms with Crippen molar-refractivity contribution in [3.05, 3.63) is 90.5 Å². The Hall–Kier alpha value is -6.07. The molecule has 3 aromatic carbocycles. The van der Waals surface area contributed by atoms with Crippen molar-refractivity contribution in [2.75, 3.05) is 113 Å². The number of rotatable bonds is 11. The van der Waals surface area contributed by atoms with E-state index < -0.39 is 0 Å². The van der Waals surface area contributed by atoms with Gasteiger partial charge < -0.3 is 60.3 Å². The molecular weight excluding hydrogens is 963 g/mol. The summed E-state index contributed by atoms with van der Waals surface area (Å²) in [7, 11) is 0. The van der Waals surface area contributed by atoms with Gasteiger partial charge in [-0.05, 0) is 102 Å². The summed E-state index contributed by atoms with van der Waals surface area (Å²) in [6.45, 7) is 23.5. The Morgan fingerprint density at radius 1 is 0.513 bits per heavy atom. The Bertz CT molecular complexity index is 2340. The van der Waals surface area contributed by atoms with E-state index in [9.17, 15) is 24.0 Å². The Balaban J connectivity index is 0.000000208. The zero-order chi connectivity index (χ0) is 53.2. The lowest BCUT2D eigenvalue weighted by Gasteiger charge is -2.48. The van der Waals surface area contributed by atoms with Crippen molar-refractivity contribution in [2.45, 2.75) is 101 Å². The maximum Gasteiger partial charge on any atom is 0.317 e. The van der Waals surface area contributed by atoms with Crippen LogP contribution >= 0.6 is 0 Å². The Morgan fingerprint density at radius 3 is 1.16 bits per heavy atom. The van der Waals surface area contributed by atoms with Crippen LogP contribution in [0.2, 0.25) is 0 Å². The maximum absolute atomic E-state index is 12.6. The quantitative estimate of drug-likeness (QED) is 0.0730. The molecule has 9 heterocycles. The van der Waals surface area contributed by atoms with Gasteiger partial charge >= 0.3 is 24.1 Å². The van der Waals surface area contributed by atoms with E-state index in [0.717, 1.165) is 77.0 Å². The summed E-state index contributed by atoms with van der Waals surface area (Å²) in [6.07, 6.45) is 4.21. The fourth-order valence-corrected chi connectivity index (χ4v) is 12.9. The minimum absolute atomic E-state index is 0. The second-order valence-electron chi connectivity index (χ2n) is 23.3. The predicted octanol–water partition coefficient (Wildman–Crippen LogP) is 7.43. The standard InChI is InChI=1S/C20H29N3O3.C19H27N3O3.C18H27N3O2.2CH4/c1-15(24)26-10-9-21-19(25)22-12-16-11-20(2,3)18(14-22)23(13-16)17-7-5-4-6-8-17;1-19(2)9-15-10-21(18(25)20-7-8-23)12-17(19)22(11-15)16-5-3-14(13-24)4-6-16;1-18(2)10-14-11-20(17(23)19-8-9-22)13-16(18)21(12-14)15-6-4-3-5-7-15;;/h4-8,16,18H,9-14H2,1-3H3,(H,21,25);3-6,13,15,17,23H,7-12H2,1-2H3,(H,20,25);3-7,14,16,22H,8-13H2,1-2H3,(H,19,23);2*1H4/t16-,18-;15-,17-;14-,16-;;/m111../s1. The topological polar surface area (TPSA) is 191 Å². The molecule has 9 fully saturated rings. The van der Waals surface area contributed by atoms with Crippen LogP contribution in [0.5, 0.6) is 0 Å². The number of hydrogen-bond donors (Lipinski definition) is 5. The number of carbonyl (C=O) groups is 5. The highest BCUT2D eigenvalue weighted by atomic mass is 16.5. The zero-order valence-electron chi connectivity index (χ0n) is 44.9. The molecule has 9 aliphatic heterocycles. The molecule has 9 aliphatic rings. The first-order valence-corrected chi connectivity index (χ1v) is 26.7. The number of anilines is 3. The van der Waals surface area contributed by atoms with Crippen LogP contribution in [0.3, 0.4) is 0 Å². The first-order valence-electron chi connectivity index (χ1n) is 26.7. The first-order chi connectivity index (χ1) is 35.3. The van der Waals surface area contributed by atoms with Gasteiger partial charge in [-0.25, -0.2) is 14.4 Å². The van der Waals surface area contributed by atoms with Crippen LogP contribution in [0.1, 0.15) is 92.9 Å². The molecule has 0 aromatic heterocycles. The molecule has 5 N–H and O–H groups in total. The van der Waals surface area contributed by atoms with Crippen LogP contribution < -0.4 is 30.7 Å². The van der Waals surface area contributed by atoms with Gasteiger partial charge in [-0.3, -0.25) is 9.59 Å². The minimum Gasteiger partial charge on any atom is -0.464 e. The van der Waals surface area contributed by atoms with Gasteiger partial charge in [0.2, 0.25) is 0 Å². The molecule has 17 heteroatoms. The number of carbonyl (C=O) groups excluding carboxylic acids is 5. The van der Waals surface area contributed by atoms with Gasteiger partial charge in [0.25, 0.3) is 0 Å². The third kappa shape index (κ3) is 15.1. The van der Waals surface area contributed by atoms with Crippen LogP contribution in [0.15, 0.2) is 84.9 Å². The monoisotopic (exact) mass is 1050 g/mol. The minimum atomic E-state index is -0.327. The van der Waals surface area contributed by atoms with Gasteiger partial charge in [0.05, 0.1) is 37.9 Å². The molecule has 6 atom stereocenters. The van der Waals surface area contributed by atoms with E-state index in [1.54, 1.807) is 0 Å². The van der Waals surface area contributed by atoms with E-state index in [4.69, 9.17) is 14.9 Å². The van der Waals surface area contributed by atoms with Gasteiger partial charge in [0.1, 0.15) is 12.9 Å². The highest BCUT2D eigenvalue weighted by Gasteiger charge is 2.49. The molecule has 3 aromatic rings. The second kappa shape index (κ2) is 26.8. The number of fused-ring (bicyclic) bond motifs is 12. The zero-order valence-corrected chi connectivity index (χ0v) is 44.9. The normalized spacial score (nSPS) is 24.3. The first kappa shape index (κ1) is 60.8. The highest BCUT2D eigenvalue weighted by Crippen LogP contribution is 2.46. The lowest BCUT2D eigenvalue weighted by atomic mass is 9.73. The Kier molecular flexibility index (Phi) is 21.4. The van der Waals surface area contributed by atoms with Gasteiger partial charge in [0, 0.05) is 102 Å². The predicted molar refractivity (Wildman–Crippen MR) is 303 cm³/mol. The number of ether oxygens (including phenoxy) is 1. The number of piperidine rings is 3. The summed E-state index contributed by atoms with van der Waals surface area (Å²) in [5.41, 5.74) is 4.66. The van der Waals surface area contributed by atoms with Crippen LogP contribution in [-0.2, 0) is 9.53 Å². The molecule has 12 rings (SSSR count). The third-order valence-corrected chi connectivity index (χ3v) is 16.1. The summed E-state index contributed by atoms with van der Waals surface area (Å²) in [4.78, 5) is 72.2. The molecule has 420 valence electrons. The highest BCUT2D eigenvalue weighted by molar-refractivity contribution is 5.77. The molecule has 0 radical (unpaired) electrons. The number of amides is 6. The lowest BCUT2D eigenvalue weighted by molar-refractivity contribution is -0.140. The third-order valence-electron chi connectivity index (χ3n) is 16.1. The van der Waals surface area contributed by atoms with E-state index in [2.05, 4.69) is 121 Å². The molecule has 9 saturated heterocycles. The van der Waals surface area contributed by atoms with Crippen molar-refractivity contribution in [1.29, 1.82) is 0 Å². The number of nitrogens with one attached hydrogen (secondary N) is 3. The Morgan fingerprint density at radius 2 is 0.842 bits per heavy atom. The van der Waals surface area contributed by atoms with Gasteiger partial charge in [-0.1, -0.05) is 92.8 Å². The van der Waals surface area contributed by atoms with Crippen molar-refractivity contribution < 1.29 is 38.9 Å². The molecule has 17 nitrogen and oxygen atoms in total. The average molecular weight is 1050 g/mol. The summed E-state index contributed by atoms with van der Waals surface area (Å²) in [6, 6.07) is 29.3. The number of aliphatic hydroxyl groups is 2. The fraction of sp³-hybridized carbons (Fsp3) is 0.610. The SMILES string of the molecule is C.C.CC(=O)OCCNC(=O)N1C[C@@H]2CN(c3ccccc3)[C@H](C1)C(C)(C)C2.CC1(C)C[C@@H]2CN(C(=O)NCCO)C[C@H]1N(c1ccc(C=O)cc1)C2.CC1(C)C[C@@H]2CN(C(=O)NCCO)C[C@H]1N(c1ccccc1)C2. The van der Waals surface area contributed by atoms with E-state index >= 15 is 0 Å². The molecule has 76 heavy (non-hydrogen) atoms. The molecule has 6 amide bonds. The van der Waals surface area contributed by atoms with Crippen LogP contribution in [-0.4, -0.2) is 172 Å². The van der Waals surface area contributed by atoms with Gasteiger partial charge in [0.15, 0.2) is 0 Å². The number of nitrogens with zero attached hydrogens (tertiary/aromatic N) is 6.